The summed E-state index contributed by atoms with van der Waals surface area (Å²) in [5.41, 5.74) is 0.475. The highest BCUT2D eigenvalue weighted by Gasteiger charge is 2.26. The van der Waals surface area contributed by atoms with E-state index in [1.165, 1.54) is 16.4 Å². The van der Waals surface area contributed by atoms with Crippen molar-refractivity contribution in [2.24, 2.45) is 0 Å². The first-order valence-electron chi connectivity index (χ1n) is 8.14. The number of rotatable bonds is 7. The van der Waals surface area contributed by atoms with E-state index in [0.717, 1.165) is 0 Å². The van der Waals surface area contributed by atoms with Crippen molar-refractivity contribution < 1.29 is 13.2 Å². The Kier molecular flexibility index (Phi) is 6.98. The number of hydrogen-bond acceptors (Lipinski definition) is 4. The lowest BCUT2D eigenvalue weighted by atomic mass is 10.3. The molecule has 0 fully saturated rings. The summed E-state index contributed by atoms with van der Waals surface area (Å²) in [5.74, 6) is 1.14. The average Bonchev–Trinajstić information content (AvgIpc) is 2.69. The highest BCUT2D eigenvalue weighted by Crippen LogP contribution is 2.30. The normalized spacial score (nSPS) is 11.2. The van der Waals surface area contributed by atoms with Gasteiger partial charge in [0.2, 0.25) is 0 Å². The van der Waals surface area contributed by atoms with Crippen LogP contribution in [0.4, 0.5) is 5.69 Å². The topological polar surface area (TPSA) is 59.5 Å². The van der Waals surface area contributed by atoms with E-state index in [4.69, 9.17) is 16.3 Å². The second-order valence-corrected chi connectivity index (χ2v) is 9.45. The van der Waals surface area contributed by atoms with Gasteiger partial charge in [0.1, 0.15) is 16.1 Å². The number of hydrogen-bond donors (Lipinski definition) is 0. The lowest BCUT2D eigenvalue weighted by Gasteiger charge is -2.24. The lowest BCUT2D eigenvalue weighted by molar-refractivity contribution is 0.482. The van der Waals surface area contributed by atoms with Gasteiger partial charge in [-0.05, 0) is 76.6 Å². The Morgan fingerprint density at radius 1 is 1.00 bits per heavy atom. The SMILES string of the molecule is O=S(=O)(c1ccc(Oc2ccc(Cl)cc2)cc1)N(CCBr)c1cccnc1Br. The Balaban J connectivity index is 1.88. The maximum absolute atomic E-state index is 13.2. The second-order valence-electron chi connectivity index (χ2n) is 5.61. The second kappa shape index (κ2) is 9.26. The van der Waals surface area contributed by atoms with Crippen LogP contribution in [0.2, 0.25) is 5.02 Å². The highest BCUT2D eigenvalue weighted by atomic mass is 79.9. The van der Waals surface area contributed by atoms with Gasteiger partial charge in [-0.1, -0.05) is 27.5 Å². The minimum absolute atomic E-state index is 0.160. The van der Waals surface area contributed by atoms with Crippen molar-refractivity contribution >= 4 is 59.2 Å². The zero-order valence-corrected chi connectivity index (χ0v) is 19.2. The molecule has 5 nitrogen and oxygen atoms in total. The largest absolute Gasteiger partial charge is 0.457 e. The van der Waals surface area contributed by atoms with Crippen LogP contribution in [0.15, 0.2) is 76.4 Å². The van der Waals surface area contributed by atoms with E-state index in [1.54, 1.807) is 54.7 Å². The molecule has 28 heavy (non-hydrogen) atoms. The van der Waals surface area contributed by atoms with Crippen molar-refractivity contribution in [2.75, 3.05) is 16.2 Å². The predicted molar refractivity (Wildman–Crippen MR) is 118 cm³/mol. The fourth-order valence-electron chi connectivity index (χ4n) is 2.46. The van der Waals surface area contributed by atoms with E-state index < -0.39 is 10.0 Å². The first-order chi connectivity index (χ1) is 13.4. The van der Waals surface area contributed by atoms with Crippen LogP contribution in [0.1, 0.15) is 0 Å². The van der Waals surface area contributed by atoms with E-state index in [1.807, 2.05) is 0 Å². The third kappa shape index (κ3) is 4.86. The van der Waals surface area contributed by atoms with Gasteiger partial charge in [0.05, 0.1) is 10.6 Å². The molecule has 3 rings (SSSR count). The van der Waals surface area contributed by atoms with E-state index in [9.17, 15) is 8.42 Å². The van der Waals surface area contributed by atoms with Crippen LogP contribution < -0.4 is 9.04 Å². The summed E-state index contributed by atoms with van der Waals surface area (Å²) < 4.78 is 33.9. The molecule has 0 N–H and O–H groups in total. The first-order valence-corrected chi connectivity index (χ1v) is 11.9. The van der Waals surface area contributed by atoms with E-state index in [-0.39, 0.29) is 11.4 Å². The molecular weight excluding hydrogens is 532 g/mol. The first kappa shape index (κ1) is 21.1. The number of alkyl halides is 1. The number of nitrogens with zero attached hydrogens (tertiary/aromatic N) is 2. The van der Waals surface area contributed by atoms with Gasteiger partial charge in [0.25, 0.3) is 10.0 Å². The Morgan fingerprint density at radius 2 is 1.61 bits per heavy atom. The Hall–Kier alpha value is -1.61. The van der Waals surface area contributed by atoms with Gasteiger partial charge >= 0.3 is 0 Å². The number of benzene rings is 2. The molecule has 146 valence electrons. The molecule has 0 atom stereocenters. The summed E-state index contributed by atoms with van der Waals surface area (Å²) in [6.45, 7) is 0.260. The number of halogens is 3. The number of sulfonamides is 1. The van der Waals surface area contributed by atoms with Crippen molar-refractivity contribution in [2.45, 2.75) is 4.90 Å². The molecule has 0 aliphatic rings. The summed E-state index contributed by atoms with van der Waals surface area (Å²) in [7, 11) is -3.77. The molecule has 0 saturated heterocycles. The minimum Gasteiger partial charge on any atom is -0.457 e. The molecule has 0 aliphatic carbocycles. The van der Waals surface area contributed by atoms with Crippen molar-refractivity contribution in [1.29, 1.82) is 0 Å². The maximum Gasteiger partial charge on any atom is 0.264 e. The molecule has 0 aliphatic heterocycles. The molecule has 9 heteroatoms. The van der Waals surface area contributed by atoms with Crippen LogP contribution in [-0.4, -0.2) is 25.3 Å². The van der Waals surface area contributed by atoms with Gasteiger partial charge in [-0.3, -0.25) is 4.31 Å². The van der Waals surface area contributed by atoms with E-state index >= 15 is 0 Å². The van der Waals surface area contributed by atoms with Gasteiger partial charge in [0.15, 0.2) is 0 Å². The quantitative estimate of drug-likeness (QED) is 0.274. The average molecular weight is 547 g/mol. The molecule has 2 aromatic carbocycles. The van der Waals surface area contributed by atoms with E-state index in [0.29, 0.717) is 32.1 Å². The molecule has 0 amide bonds. The summed E-state index contributed by atoms with van der Waals surface area (Å²) >= 11 is 12.5. The third-order valence-electron chi connectivity index (χ3n) is 3.76. The molecule has 3 aromatic rings. The van der Waals surface area contributed by atoms with Crippen molar-refractivity contribution in [3.05, 3.63) is 76.5 Å². The molecule has 0 bridgehead atoms. The van der Waals surface area contributed by atoms with Crippen LogP contribution in [-0.2, 0) is 10.0 Å². The van der Waals surface area contributed by atoms with Gasteiger partial charge in [-0.25, -0.2) is 13.4 Å². The number of anilines is 1. The summed E-state index contributed by atoms with van der Waals surface area (Å²) in [5, 5.41) is 1.09. The summed E-state index contributed by atoms with van der Waals surface area (Å²) in [6, 6.07) is 16.6. The van der Waals surface area contributed by atoms with Crippen LogP contribution in [0.25, 0.3) is 0 Å². The van der Waals surface area contributed by atoms with Crippen molar-refractivity contribution in [3.63, 3.8) is 0 Å². The lowest BCUT2D eigenvalue weighted by Crippen LogP contribution is -2.33. The van der Waals surface area contributed by atoms with Crippen LogP contribution in [0.3, 0.4) is 0 Å². The standard InChI is InChI=1S/C19H15Br2ClN2O3S/c20-11-13-24(18-2-1-12-23-19(18)21)28(25,26)17-9-7-16(8-10-17)27-15-5-3-14(22)4-6-15/h1-10,12H,11,13H2. The molecular formula is C19H15Br2ClN2O3S. The van der Waals surface area contributed by atoms with Gasteiger partial charge in [-0.15, -0.1) is 0 Å². The molecule has 0 radical (unpaired) electrons. The number of aromatic nitrogens is 1. The van der Waals surface area contributed by atoms with Crippen LogP contribution >= 0.6 is 43.5 Å². The third-order valence-corrected chi connectivity index (χ3v) is 6.80. The van der Waals surface area contributed by atoms with Crippen LogP contribution in [0, 0.1) is 0 Å². The van der Waals surface area contributed by atoms with Crippen LogP contribution in [0.5, 0.6) is 11.5 Å². The Morgan fingerprint density at radius 3 is 2.18 bits per heavy atom. The predicted octanol–water partition coefficient (Wildman–Crippen LogP) is 5.88. The van der Waals surface area contributed by atoms with Gasteiger partial charge in [0, 0.05) is 23.1 Å². The maximum atomic E-state index is 13.2. The zero-order valence-electron chi connectivity index (χ0n) is 14.4. The summed E-state index contributed by atoms with van der Waals surface area (Å²) in [4.78, 5) is 4.28. The summed E-state index contributed by atoms with van der Waals surface area (Å²) in [6.07, 6.45) is 1.59. The minimum atomic E-state index is -3.77. The van der Waals surface area contributed by atoms with E-state index in [2.05, 4.69) is 36.8 Å². The fourth-order valence-corrected chi connectivity index (χ4v) is 5.23. The van der Waals surface area contributed by atoms with Crippen molar-refractivity contribution in [1.82, 2.24) is 4.98 Å². The smallest absolute Gasteiger partial charge is 0.264 e. The zero-order chi connectivity index (χ0) is 20.1. The Labute approximate surface area is 185 Å². The molecule has 0 saturated carbocycles. The Bertz CT molecular complexity index is 1050. The fraction of sp³-hybridized carbons (Fsp3) is 0.105. The van der Waals surface area contributed by atoms with Crippen molar-refractivity contribution in [3.8, 4) is 11.5 Å². The number of pyridine rings is 1. The highest BCUT2D eigenvalue weighted by molar-refractivity contribution is 9.10. The molecule has 0 unspecified atom stereocenters. The molecule has 1 aromatic heterocycles. The molecule has 1 heterocycles. The monoisotopic (exact) mass is 544 g/mol. The number of ether oxygens (including phenoxy) is 1. The van der Waals surface area contributed by atoms with Gasteiger partial charge < -0.3 is 4.74 Å². The molecule has 0 spiro atoms. The van der Waals surface area contributed by atoms with Gasteiger partial charge in [-0.2, -0.15) is 0 Å².